The van der Waals surface area contributed by atoms with Gasteiger partial charge in [-0.15, -0.1) is 0 Å². The zero-order chi connectivity index (χ0) is 11.9. The second kappa shape index (κ2) is 7.38. The number of hydrogen-bond acceptors (Lipinski definition) is 2. The monoisotopic (exact) mass is 239 g/mol. The van der Waals surface area contributed by atoms with Crippen LogP contribution in [-0.2, 0) is 4.74 Å². The van der Waals surface area contributed by atoms with Gasteiger partial charge in [0.15, 0.2) is 0 Å². The van der Waals surface area contributed by atoms with Gasteiger partial charge in [-0.3, -0.25) is 0 Å². The molecule has 1 saturated carbocycles. The highest BCUT2D eigenvalue weighted by Gasteiger charge is 2.22. The highest BCUT2D eigenvalue weighted by molar-refractivity contribution is 4.78. The molecule has 2 nitrogen and oxygen atoms in total. The van der Waals surface area contributed by atoms with Crippen LogP contribution in [0.25, 0.3) is 0 Å². The second-order valence-electron chi connectivity index (χ2n) is 5.85. The Hall–Kier alpha value is -0.0800. The van der Waals surface area contributed by atoms with Crippen LogP contribution in [0.3, 0.4) is 0 Å². The first kappa shape index (κ1) is 13.4. The van der Waals surface area contributed by atoms with Crippen molar-refractivity contribution in [1.29, 1.82) is 0 Å². The van der Waals surface area contributed by atoms with E-state index in [1.165, 1.54) is 57.8 Å². The van der Waals surface area contributed by atoms with E-state index in [4.69, 9.17) is 4.74 Å². The lowest BCUT2D eigenvalue weighted by atomic mass is 9.82. The maximum atomic E-state index is 5.69. The molecule has 0 bridgehead atoms. The van der Waals surface area contributed by atoms with Crippen LogP contribution in [0.1, 0.15) is 64.7 Å². The lowest BCUT2D eigenvalue weighted by Gasteiger charge is -2.29. The van der Waals surface area contributed by atoms with E-state index in [0.29, 0.717) is 6.10 Å². The van der Waals surface area contributed by atoms with E-state index in [1.807, 2.05) is 0 Å². The average Bonchev–Trinajstić information content (AvgIpc) is 2.83. The zero-order valence-electron chi connectivity index (χ0n) is 11.4. The summed E-state index contributed by atoms with van der Waals surface area (Å²) in [4.78, 5) is 0. The van der Waals surface area contributed by atoms with Crippen molar-refractivity contribution in [2.24, 2.45) is 5.92 Å². The van der Waals surface area contributed by atoms with Gasteiger partial charge in [-0.25, -0.2) is 0 Å². The summed E-state index contributed by atoms with van der Waals surface area (Å²) in [6, 6.07) is 0.807. The third-order valence-corrected chi connectivity index (χ3v) is 4.44. The third-order valence-electron chi connectivity index (χ3n) is 4.44. The van der Waals surface area contributed by atoms with Crippen LogP contribution in [0.4, 0.5) is 0 Å². The van der Waals surface area contributed by atoms with Crippen molar-refractivity contribution < 1.29 is 4.74 Å². The molecule has 3 unspecified atom stereocenters. The summed E-state index contributed by atoms with van der Waals surface area (Å²) in [6.07, 6.45) is 13.0. The molecule has 1 N–H and O–H groups in total. The van der Waals surface area contributed by atoms with Gasteiger partial charge in [0.05, 0.1) is 6.10 Å². The van der Waals surface area contributed by atoms with Gasteiger partial charge in [0.2, 0.25) is 0 Å². The Morgan fingerprint density at radius 3 is 2.82 bits per heavy atom. The molecule has 2 fully saturated rings. The number of rotatable bonds is 6. The summed E-state index contributed by atoms with van der Waals surface area (Å²) in [5, 5.41) is 3.62. The Morgan fingerprint density at radius 1 is 1.12 bits per heavy atom. The van der Waals surface area contributed by atoms with Crippen molar-refractivity contribution in [1.82, 2.24) is 5.32 Å². The van der Waals surface area contributed by atoms with Crippen LogP contribution in [0.5, 0.6) is 0 Å². The normalized spacial score (nSPS) is 34.1. The first-order valence-electron chi connectivity index (χ1n) is 7.73. The summed E-state index contributed by atoms with van der Waals surface area (Å²) in [6.45, 7) is 4.37. The molecule has 0 radical (unpaired) electrons. The zero-order valence-corrected chi connectivity index (χ0v) is 11.4. The van der Waals surface area contributed by atoms with Gasteiger partial charge in [0.25, 0.3) is 0 Å². The highest BCUT2D eigenvalue weighted by atomic mass is 16.5. The van der Waals surface area contributed by atoms with Crippen LogP contribution in [0, 0.1) is 5.92 Å². The van der Waals surface area contributed by atoms with Gasteiger partial charge in [-0.2, -0.15) is 0 Å². The molecule has 0 amide bonds. The Bertz CT molecular complexity index is 199. The molecular weight excluding hydrogens is 210 g/mol. The molecule has 1 heterocycles. The van der Waals surface area contributed by atoms with E-state index in [0.717, 1.165) is 25.1 Å². The first-order chi connectivity index (χ1) is 8.38. The van der Waals surface area contributed by atoms with Crippen LogP contribution in [0.15, 0.2) is 0 Å². The SMILES string of the molecule is CCNC1CCCC(CCCC2CCCO2)C1. The predicted octanol–water partition coefficient (Wildman–Crippen LogP) is 3.50. The van der Waals surface area contributed by atoms with E-state index >= 15 is 0 Å². The summed E-state index contributed by atoms with van der Waals surface area (Å²) in [5.74, 6) is 0.981. The second-order valence-corrected chi connectivity index (χ2v) is 5.85. The van der Waals surface area contributed by atoms with Crippen LogP contribution in [-0.4, -0.2) is 25.3 Å². The number of nitrogens with one attached hydrogen (secondary N) is 1. The molecular formula is C15H29NO. The highest BCUT2D eigenvalue weighted by Crippen LogP contribution is 2.29. The van der Waals surface area contributed by atoms with E-state index in [9.17, 15) is 0 Å². The van der Waals surface area contributed by atoms with E-state index in [1.54, 1.807) is 0 Å². The number of hydrogen-bond donors (Lipinski definition) is 1. The largest absolute Gasteiger partial charge is 0.378 e. The fourth-order valence-electron chi connectivity index (χ4n) is 3.53. The van der Waals surface area contributed by atoms with E-state index in [-0.39, 0.29) is 0 Å². The minimum absolute atomic E-state index is 0.600. The standard InChI is InChI=1S/C15H29NO/c1-2-16-14-8-3-6-13(12-14)7-4-9-15-10-5-11-17-15/h13-16H,2-12H2,1H3. The maximum Gasteiger partial charge on any atom is 0.0576 e. The molecule has 0 spiro atoms. The van der Waals surface area contributed by atoms with Gasteiger partial charge in [0, 0.05) is 12.6 Å². The van der Waals surface area contributed by atoms with Crippen LogP contribution < -0.4 is 5.32 Å². The van der Waals surface area contributed by atoms with Crippen LogP contribution >= 0.6 is 0 Å². The summed E-state index contributed by atoms with van der Waals surface area (Å²) in [5.41, 5.74) is 0. The van der Waals surface area contributed by atoms with Gasteiger partial charge < -0.3 is 10.1 Å². The summed E-state index contributed by atoms with van der Waals surface area (Å²) < 4.78 is 5.69. The van der Waals surface area contributed by atoms with Crippen molar-refractivity contribution in [2.45, 2.75) is 76.9 Å². The maximum absolute atomic E-state index is 5.69. The molecule has 17 heavy (non-hydrogen) atoms. The fraction of sp³-hybridized carbons (Fsp3) is 1.00. The van der Waals surface area contributed by atoms with Gasteiger partial charge in [-0.1, -0.05) is 32.6 Å². The quantitative estimate of drug-likeness (QED) is 0.766. The van der Waals surface area contributed by atoms with Crippen molar-refractivity contribution >= 4 is 0 Å². The molecule has 2 aliphatic rings. The Morgan fingerprint density at radius 2 is 2.06 bits per heavy atom. The first-order valence-corrected chi connectivity index (χ1v) is 7.73. The topological polar surface area (TPSA) is 21.3 Å². The molecule has 0 aromatic carbocycles. The average molecular weight is 239 g/mol. The van der Waals surface area contributed by atoms with Crippen molar-refractivity contribution in [2.75, 3.05) is 13.2 Å². The lowest BCUT2D eigenvalue weighted by Crippen LogP contribution is -2.33. The molecule has 2 heteroatoms. The molecule has 2 rings (SSSR count). The van der Waals surface area contributed by atoms with Crippen LogP contribution in [0.2, 0.25) is 0 Å². The summed E-state index contributed by atoms with van der Waals surface area (Å²) in [7, 11) is 0. The molecule has 0 aromatic rings. The molecule has 100 valence electrons. The molecule has 1 aliphatic carbocycles. The van der Waals surface area contributed by atoms with Crippen molar-refractivity contribution in [3.05, 3.63) is 0 Å². The molecule has 1 aliphatic heterocycles. The van der Waals surface area contributed by atoms with Gasteiger partial charge in [-0.05, 0) is 44.6 Å². The Kier molecular flexibility index (Phi) is 5.79. The van der Waals surface area contributed by atoms with E-state index < -0.39 is 0 Å². The van der Waals surface area contributed by atoms with Crippen molar-refractivity contribution in [3.8, 4) is 0 Å². The lowest BCUT2D eigenvalue weighted by molar-refractivity contribution is 0.0996. The molecule has 0 aromatic heterocycles. The summed E-state index contributed by atoms with van der Waals surface area (Å²) >= 11 is 0. The molecule has 1 saturated heterocycles. The predicted molar refractivity (Wildman–Crippen MR) is 72.2 cm³/mol. The van der Waals surface area contributed by atoms with E-state index in [2.05, 4.69) is 12.2 Å². The minimum Gasteiger partial charge on any atom is -0.378 e. The fourth-order valence-corrected chi connectivity index (χ4v) is 3.53. The Balaban J connectivity index is 1.58. The Labute approximate surface area is 107 Å². The van der Waals surface area contributed by atoms with Gasteiger partial charge >= 0.3 is 0 Å². The smallest absolute Gasteiger partial charge is 0.0576 e. The third kappa shape index (κ3) is 4.59. The molecule has 3 atom stereocenters. The van der Waals surface area contributed by atoms with Gasteiger partial charge in [0.1, 0.15) is 0 Å². The minimum atomic E-state index is 0.600. The van der Waals surface area contributed by atoms with Crippen molar-refractivity contribution in [3.63, 3.8) is 0 Å². The number of ether oxygens (including phenoxy) is 1.